The molecule has 1 aromatic carbocycles. The smallest absolute Gasteiger partial charge is 0.251 e. The van der Waals surface area contributed by atoms with Crippen LogP contribution in [0.4, 0.5) is 0 Å². The van der Waals surface area contributed by atoms with Crippen molar-refractivity contribution in [1.82, 2.24) is 5.32 Å². The molecule has 0 saturated carbocycles. The molecule has 1 N–H and O–H groups in total. The Kier molecular flexibility index (Phi) is 4.70. The van der Waals surface area contributed by atoms with E-state index in [1.54, 1.807) is 0 Å². The van der Waals surface area contributed by atoms with Crippen LogP contribution in [0.1, 0.15) is 10.4 Å². The van der Waals surface area contributed by atoms with Gasteiger partial charge >= 0.3 is 0 Å². The van der Waals surface area contributed by atoms with Gasteiger partial charge in [-0.05, 0) is 23.7 Å². The lowest BCUT2D eigenvalue weighted by Crippen LogP contribution is -2.26. The highest BCUT2D eigenvalue weighted by Gasteiger charge is 2.10. The van der Waals surface area contributed by atoms with Gasteiger partial charge in [0.1, 0.15) is 0 Å². The number of nitrogens with zero attached hydrogens (tertiary/aromatic N) is 3. The van der Waals surface area contributed by atoms with Crippen LogP contribution in [0, 0.1) is 0 Å². The molecule has 1 aromatic rings. The van der Waals surface area contributed by atoms with Crippen LogP contribution in [0.5, 0.6) is 0 Å². The van der Waals surface area contributed by atoms with Crippen molar-refractivity contribution in [2.75, 3.05) is 19.3 Å². The van der Waals surface area contributed by atoms with Gasteiger partial charge in [-0.25, -0.2) is 8.42 Å². The van der Waals surface area contributed by atoms with E-state index in [4.69, 9.17) is 5.53 Å². The van der Waals surface area contributed by atoms with Gasteiger partial charge in [-0.2, -0.15) is 0 Å². The quantitative estimate of drug-likeness (QED) is 0.374. The van der Waals surface area contributed by atoms with Crippen LogP contribution in [-0.2, 0) is 9.84 Å². The normalized spacial score (nSPS) is 10.5. The first-order valence-electron chi connectivity index (χ1n) is 5.04. The number of hydrogen-bond donors (Lipinski definition) is 1. The number of carbonyl (C=O) groups excluding carboxylic acids is 1. The van der Waals surface area contributed by atoms with Crippen LogP contribution < -0.4 is 5.32 Å². The summed E-state index contributed by atoms with van der Waals surface area (Å²) in [5, 5.41) is 5.78. The molecule has 1 amide bonds. The second kappa shape index (κ2) is 6.04. The van der Waals surface area contributed by atoms with Crippen molar-refractivity contribution in [3.8, 4) is 0 Å². The fraction of sp³-hybridized carbons (Fsp3) is 0.300. The van der Waals surface area contributed by atoms with Crippen LogP contribution in [0.2, 0.25) is 0 Å². The molecule has 18 heavy (non-hydrogen) atoms. The first-order chi connectivity index (χ1) is 8.45. The van der Waals surface area contributed by atoms with Crippen LogP contribution in [0.25, 0.3) is 10.4 Å². The predicted molar refractivity (Wildman–Crippen MR) is 65.9 cm³/mol. The van der Waals surface area contributed by atoms with E-state index in [-0.39, 0.29) is 23.5 Å². The van der Waals surface area contributed by atoms with Crippen molar-refractivity contribution < 1.29 is 13.2 Å². The molecule has 0 saturated heterocycles. The summed E-state index contributed by atoms with van der Waals surface area (Å²) < 4.78 is 22.6. The maximum Gasteiger partial charge on any atom is 0.251 e. The summed E-state index contributed by atoms with van der Waals surface area (Å²) in [5.41, 5.74) is 8.30. The summed E-state index contributed by atoms with van der Waals surface area (Å²) in [7, 11) is -3.33. The Hall–Kier alpha value is -2.05. The van der Waals surface area contributed by atoms with Crippen molar-refractivity contribution in [3.63, 3.8) is 0 Å². The molecular weight excluding hydrogens is 256 g/mol. The summed E-state index contributed by atoms with van der Waals surface area (Å²) >= 11 is 0. The topological polar surface area (TPSA) is 112 Å². The molecule has 0 bridgehead atoms. The number of nitrogens with one attached hydrogen (secondary N) is 1. The van der Waals surface area contributed by atoms with E-state index >= 15 is 0 Å². The summed E-state index contributed by atoms with van der Waals surface area (Å²) in [6.45, 7) is 0.347. The maximum atomic E-state index is 11.6. The van der Waals surface area contributed by atoms with E-state index in [0.29, 0.717) is 0 Å². The molecule has 0 unspecified atom stereocenters. The van der Waals surface area contributed by atoms with Gasteiger partial charge < -0.3 is 5.32 Å². The van der Waals surface area contributed by atoms with Gasteiger partial charge in [-0.3, -0.25) is 4.79 Å². The fourth-order valence-electron chi connectivity index (χ4n) is 1.23. The third-order valence-electron chi connectivity index (χ3n) is 2.08. The average Bonchev–Trinajstić information content (AvgIpc) is 2.33. The summed E-state index contributed by atoms with van der Waals surface area (Å²) in [5.74, 6) is -0.409. The number of sulfone groups is 1. The third kappa shape index (κ3) is 4.08. The third-order valence-corrected chi connectivity index (χ3v) is 3.20. The number of hydrogen-bond acceptors (Lipinski definition) is 4. The largest absolute Gasteiger partial charge is 0.352 e. The molecule has 0 aliphatic carbocycles. The minimum atomic E-state index is -3.33. The van der Waals surface area contributed by atoms with Crippen LogP contribution in [-0.4, -0.2) is 33.7 Å². The molecule has 0 radical (unpaired) electrons. The van der Waals surface area contributed by atoms with Gasteiger partial charge in [0.2, 0.25) is 0 Å². The average molecular weight is 268 g/mol. The van der Waals surface area contributed by atoms with Crippen LogP contribution >= 0.6 is 0 Å². The zero-order valence-electron chi connectivity index (χ0n) is 9.70. The van der Waals surface area contributed by atoms with Gasteiger partial charge in [-0.1, -0.05) is 11.2 Å². The highest BCUT2D eigenvalue weighted by atomic mass is 32.2. The minimum Gasteiger partial charge on any atom is -0.352 e. The second-order valence-corrected chi connectivity index (χ2v) is 5.53. The van der Waals surface area contributed by atoms with Crippen LogP contribution in [0.15, 0.2) is 34.3 Å². The number of carbonyl (C=O) groups is 1. The number of azide groups is 1. The molecule has 0 aliphatic heterocycles. The molecule has 0 atom stereocenters. The van der Waals surface area contributed by atoms with E-state index in [2.05, 4.69) is 15.3 Å². The number of amides is 1. The highest BCUT2D eigenvalue weighted by Crippen LogP contribution is 2.11. The van der Waals surface area contributed by atoms with Gasteiger partial charge in [0.05, 0.1) is 4.90 Å². The molecule has 8 heteroatoms. The lowest BCUT2D eigenvalue weighted by Gasteiger charge is -2.04. The van der Waals surface area contributed by atoms with E-state index in [1.165, 1.54) is 24.3 Å². The monoisotopic (exact) mass is 268 g/mol. The predicted octanol–water partition coefficient (Wildman–Crippen LogP) is 1.13. The molecule has 0 heterocycles. The zero-order valence-corrected chi connectivity index (χ0v) is 10.5. The molecule has 0 aromatic heterocycles. The summed E-state index contributed by atoms with van der Waals surface area (Å²) in [6, 6.07) is 5.74. The Bertz CT molecular complexity index is 591. The first kappa shape index (κ1) is 14.0. The Morgan fingerprint density at radius 1 is 1.50 bits per heavy atom. The van der Waals surface area contributed by atoms with E-state index in [9.17, 15) is 13.2 Å². The van der Waals surface area contributed by atoms with Crippen LogP contribution in [0.3, 0.4) is 0 Å². The number of rotatable bonds is 5. The van der Waals surface area contributed by atoms with Crippen molar-refractivity contribution in [2.24, 2.45) is 5.11 Å². The molecule has 0 aliphatic rings. The van der Waals surface area contributed by atoms with E-state index in [1.807, 2.05) is 0 Å². The lowest BCUT2D eigenvalue weighted by atomic mass is 10.2. The second-order valence-electron chi connectivity index (χ2n) is 3.51. The lowest BCUT2D eigenvalue weighted by molar-refractivity contribution is 0.0954. The van der Waals surface area contributed by atoms with Gasteiger partial charge in [-0.15, -0.1) is 0 Å². The molecular formula is C10H12N4O3S. The number of benzene rings is 1. The van der Waals surface area contributed by atoms with Crippen molar-refractivity contribution in [1.29, 1.82) is 0 Å². The maximum absolute atomic E-state index is 11.6. The minimum absolute atomic E-state index is 0.0881. The zero-order chi connectivity index (χ0) is 13.6. The van der Waals surface area contributed by atoms with Crippen molar-refractivity contribution in [3.05, 3.63) is 40.3 Å². The molecule has 0 spiro atoms. The molecule has 96 valence electrons. The van der Waals surface area contributed by atoms with E-state index < -0.39 is 15.7 Å². The van der Waals surface area contributed by atoms with Gasteiger partial charge in [0.25, 0.3) is 5.91 Å². The summed E-state index contributed by atoms with van der Waals surface area (Å²) in [6.07, 6.45) is 1.08. The Labute approximate surface area is 104 Å². The highest BCUT2D eigenvalue weighted by molar-refractivity contribution is 7.90. The molecule has 0 fully saturated rings. The fourth-order valence-corrected chi connectivity index (χ4v) is 1.90. The summed E-state index contributed by atoms with van der Waals surface area (Å²) in [4.78, 5) is 14.3. The Morgan fingerprint density at radius 2 is 2.22 bits per heavy atom. The Balaban J connectivity index is 2.78. The first-order valence-corrected chi connectivity index (χ1v) is 6.93. The van der Waals surface area contributed by atoms with Crippen molar-refractivity contribution in [2.45, 2.75) is 4.90 Å². The van der Waals surface area contributed by atoms with Gasteiger partial charge in [0.15, 0.2) is 9.84 Å². The molecule has 7 nitrogen and oxygen atoms in total. The standard InChI is InChI=1S/C10H12N4O3S/c1-18(16,17)9-4-2-3-8(7-9)10(15)12-5-6-13-14-11/h2-4,7H,5-6H2,1H3,(H,12,15). The van der Waals surface area contributed by atoms with Crippen molar-refractivity contribution >= 4 is 15.7 Å². The SMILES string of the molecule is CS(=O)(=O)c1cccc(C(=O)NCCN=[N+]=[N-])c1. The Morgan fingerprint density at radius 3 is 2.83 bits per heavy atom. The molecule has 1 rings (SSSR count). The van der Waals surface area contributed by atoms with Gasteiger partial charge in [0, 0.05) is 29.8 Å². The van der Waals surface area contributed by atoms with E-state index in [0.717, 1.165) is 6.26 Å².